The molecule has 1 atom stereocenters. The fraction of sp³-hybridized carbons (Fsp3) is 0.438. The molecule has 0 aromatic heterocycles. The SMILES string of the molecule is CCN(Cc1ccccc1)C(=O)CNC(=O)[C@H](C)CC(N)=O. The molecular formula is C16H23N3O3. The normalized spacial score (nSPS) is 11.5. The summed E-state index contributed by atoms with van der Waals surface area (Å²) in [5, 5.41) is 2.55. The van der Waals surface area contributed by atoms with Crippen LogP contribution in [0, 0.1) is 5.92 Å². The number of carbonyl (C=O) groups is 3. The number of likely N-dealkylation sites (N-methyl/N-ethyl adjacent to an activating group) is 1. The van der Waals surface area contributed by atoms with Gasteiger partial charge in [-0.05, 0) is 12.5 Å². The number of hydrogen-bond donors (Lipinski definition) is 2. The van der Waals surface area contributed by atoms with E-state index in [4.69, 9.17) is 5.73 Å². The quantitative estimate of drug-likeness (QED) is 0.739. The lowest BCUT2D eigenvalue weighted by atomic mass is 10.1. The number of nitrogens with zero attached hydrogens (tertiary/aromatic N) is 1. The van der Waals surface area contributed by atoms with Crippen molar-refractivity contribution in [2.75, 3.05) is 13.1 Å². The second-order valence-corrected chi connectivity index (χ2v) is 5.18. The Morgan fingerprint density at radius 2 is 1.86 bits per heavy atom. The molecule has 0 aliphatic rings. The third kappa shape index (κ3) is 5.95. The lowest BCUT2D eigenvalue weighted by molar-refractivity contribution is -0.134. The molecule has 0 heterocycles. The number of amides is 3. The zero-order chi connectivity index (χ0) is 16.5. The van der Waals surface area contributed by atoms with Gasteiger partial charge in [-0.1, -0.05) is 37.3 Å². The van der Waals surface area contributed by atoms with Crippen LogP contribution >= 0.6 is 0 Å². The molecule has 120 valence electrons. The van der Waals surface area contributed by atoms with Gasteiger partial charge in [0.2, 0.25) is 17.7 Å². The summed E-state index contributed by atoms with van der Waals surface area (Å²) in [6, 6.07) is 9.65. The van der Waals surface area contributed by atoms with E-state index in [-0.39, 0.29) is 24.8 Å². The van der Waals surface area contributed by atoms with E-state index in [2.05, 4.69) is 5.32 Å². The Bertz CT molecular complexity index is 517. The van der Waals surface area contributed by atoms with Gasteiger partial charge in [0.1, 0.15) is 0 Å². The maximum Gasteiger partial charge on any atom is 0.242 e. The van der Waals surface area contributed by atoms with Gasteiger partial charge in [-0.15, -0.1) is 0 Å². The molecule has 3 amide bonds. The van der Waals surface area contributed by atoms with Crippen molar-refractivity contribution in [2.24, 2.45) is 11.7 Å². The summed E-state index contributed by atoms with van der Waals surface area (Å²) in [5.41, 5.74) is 6.08. The Labute approximate surface area is 130 Å². The van der Waals surface area contributed by atoms with Crippen molar-refractivity contribution in [3.8, 4) is 0 Å². The highest BCUT2D eigenvalue weighted by molar-refractivity contribution is 5.88. The van der Waals surface area contributed by atoms with Crippen molar-refractivity contribution in [3.05, 3.63) is 35.9 Å². The molecule has 0 radical (unpaired) electrons. The first-order chi connectivity index (χ1) is 10.4. The zero-order valence-electron chi connectivity index (χ0n) is 13.0. The molecule has 0 spiro atoms. The monoisotopic (exact) mass is 305 g/mol. The Balaban J connectivity index is 2.48. The van der Waals surface area contributed by atoms with E-state index in [0.29, 0.717) is 13.1 Å². The average molecular weight is 305 g/mol. The van der Waals surface area contributed by atoms with Crippen molar-refractivity contribution in [1.29, 1.82) is 0 Å². The molecule has 0 unspecified atom stereocenters. The van der Waals surface area contributed by atoms with Gasteiger partial charge in [0.05, 0.1) is 6.54 Å². The molecule has 1 aromatic carbocycles. The van der Waals surface area contributed by atoms with Crippen molar-refractivity contribution in [1.82, 2.24) is 10.2 Å². The molecule has 1 aromatic rings. The number of primary amides is 1. The fourth-order valence-corrected chi connectivity index (χ4v) is 2.02. The number of rotatable bonds is 8. The van der Waals surface area contributed by atoms with Crippen molar-refractivity contribution in [2.45, 2.75) is 26.8 Å². The number of hydrogen-bond acceptors (Lipinski definition) is 3. The second kappa shape index (κ2) is 8.81. The molecule has 22 heavy (non-hydrogen) atoms. The van der Waals surface area contributed by atoms with Crippen LogP contribution in [0.4, 0.5) is 0 Å². The van der Waals surface area contributed by atoms with E-state index in [0.717, 1.165) is 5.56 Å². The fourth-order valence-electron chi connectivity index (χ4n) is 2.02. The summed E-state index contributed by atoms with van der Waals surface area (Å²) in [5.74, 6) is -1.57. The molecule has 0 fully saturated rings. The smallest absolute Gasteiger partial charge is 0.242 e. The van der Waals surface area contributed by atoms with Crippen LogP contribution in [-0.2, 0) is 20.9 Å². The van der Waals surface area contributed by atoms with Crippen LogP contribution in [0.3, 0.4) is 0 Å². The van der Waals surface area contributed by atoms with Crippen LogP contribution in [0.1, 0.15) is 25.8 Å². The topological polar surface area (TPSA) is 92.5 Å². The third-order valence-corrected chi connectivity index (χ3v) is 3.32. The van der Waals surface area contributed by atoms with Crippen LogP contribution in [-0.4, -0.2) is 35.7 Å². The summed E-state index contributed by atoms with van der Waals surface area (Å²) in [6.45, 7) is 4.47. The summed E-state index contributed by atoms with van der Waals surface area (Å²) in [7, 11) is 0. The second-order valence-electron chi connectivity index (χ2n) is 5.18. The maximum absolute atomic E-state index is 12.1. The highest BCUT2D eigenvalue weighted by Gasteiger charge is 2.18. The molecule has 6 heteroatoms. The van der Waals surface area contributed by atoms with Crippen LogP contribution < -0.4 is 11.1 Å². The van der Waals surface area contributed by atoms with E-state index < -0.39 is 11.8 Å². The average Bonchev–Trinajstić information content (AvgIpc) is 2.50. The van der Waals surface area contributed by atoms with E-state index in [1.165, 1.54) is 0 Å². The minimum atomic E-state index is -0.534. The van der Waals surface area contributed by atoms with Crippen molar-refractivity contribution >= 4 is 17.7 Å². The van der Waals surface area contributed by atoms with Crippen LogP contribution in [0.2, 0.25) is 0 Å². The predicted molar refractivity (Wildman–Crippen MR) is 83.5 cm³/mol. The number of benzene rings is 1. The minimum absolute atomic E-state index is 0.0263. The van der Waals surface area contributed by atoms with E-state index in [1.807, 2.05) is 37.3 Å². The first-order valence-electron chi connectivity index (χ1n) is 7.31. The summed E-state index contributed by atoms with van der Waals surface area (Å²) < 4.78 is 0. The predicted octanol–water partition coefficient (Wildman–Crippen LogP) is 0.663. The zero-order valence-corrected chi connectivity index (χ0v) is 13.0. The Kier molecular flexibility index (Phi) is 7.08. The summed E-state index contributed by atoms with van der Waals surface area (Å²) >= 11 is 0. The van der Waals surface area contributed by atoms with Gasteiger partial charge >= 0.3 is 0 Å². The molecule has 0 saturated heterocycles. The number of nitrogens with two attached hydrogens (primary N) is 1. The summed E-state index contributed by atoms with van der Waals surface area (Å²) in [4.78, 5) is 36.3. The van der Waals surface area contributed by atoms with Gasteiger partial charge in [0, 0.05) is 25.4 Å². The summed E-state index contributed by atoms with van der Waals surface area (Å²) in [6.07, 6.45) is -0.0263. The molecule has 3 N–H and O–H groups in total. The van der Waals surface area contributed by atoms with Gasteiger partial charge in [-0.3, -0.25) is 14.4 Å². The van der Waals surface area contributed by atoms with Gasteiger partial charge in [-0.25, -0.2) is 0 Å². The van der Waals surface area contributed by atoms with Gasteiger partial charge < -0.3 is 16.0 Å². The van der Waals surface area contributed by atoms with E-state index in [1.54, 1.807) is 11.8 Å². The highest BCUT2D eigenvalue weighted by atomic mass is 16.2. The standard InChI is InChI=1S/C16H23N3O3/c1-3-19(11-13-7-5-4-6-8-13)15(21)10-18-16(22)12(2)9-14(17)20/h4-8,12H,3,9-11H2,1-2H3,(H2,17,20)(H,18,22)/t12-/m1/s1. The lowest BCUT2D eigenvalue weighted by Crippen LogP contribution is -2.41. The molecular weight excluding hydrogens is 282 g/mol. The third-order valence-electron chi connectivity index (χ3n) is 3.32. The van der Waals surface area contributed by atoms with Crippen LogP contribution in [0.5, 0.6) is 0 Å². The molecule has 0 aliphatic carbocycles. The van der Waals surface area contributed by atoms with Crippen molar-refractivity contribution in [3.63, 3.8) is 0 Å². The van der Waals surface area contributed by atoms with Gasteiger partial charge in [0.15, 0.2) is 0 Å². The van der Waals surface area contributed by atoms with E-state index in [9.17, 15) is 14.4 Å². The molecule has 1 rings (SSSR count). The van der Waals surface area contributed by atoms with Crippen LogP contribution in [0.25, 0.3) is 0 Å². The highest BCUT2D eigenvalue weighted by Crippen LogP contribution is 2.05. The first-order valence-corrected chi connectivity index (χ1v) is 7.31. The van der Waals surface area contributed by atoms with E-state index >= 15 is 0 Å². The number of nitrogens with one attached hydrogen (secondary N) is 1. The molecule has 0 bridgehead atoms. The van der Waals surface area contributed by atoms with Crippen LogP contribution in [0.15, 0.2) is 30.3 Å². The van der Waals surface area contributed by atoms with Crippen molar-refractivity contribution < 1.29 is 14.4 Å². The molecule has 0 saturated carbocycles. The molecule has 6 nitrogen and oxygen atoms in total. The Morgan fingerprint density at radius 1 is 1.23 bits per heavy atom. The maximum atomic E-state index is 12.1. The minimum Gasteiger partial charge on any atom is -0.370 e. The van der Waals surface area contributed by atoms with Gasteiger partial charge in [-0.2, -0.15) is 0 Å². The largest absolute Gasteiger partial charge is 0.370 e. The Morgan fingerprint density at radius 3 is 2.41 bits per heavy atom. The lowest BCUT2D eigenvalue weighted by Gasteiger charge is -2.21. The Hall–Kier alpha value is -2.37. The number of carbonyl (C=O) groups excluding carboxylic acids is 3. The molecule has 0 aliphatic heterocycles. The van der Waals surface area contributed by atoms with Gasteiger partial charge in [0.25, 0.3) is 0 Å². The first kappa shape index (κ1) is 17.7.